The van der Waals surface area contributed by atoms with E-state index in [1.807, 2.05) is 0 Å². The van der Waals surface area contributed by atoms with Crippen molar-refractivity contribution in [1.82, 2.24) is 29.7 Å². The number of nitrogens with zero attached hydrogens (tertiary/aromatic N) is 5. The third-order valence-electron chi connectivity index (χ3n) is 4.98. The van der Waals surface area contributed by atoms with Gasteiger partial charge in [-0.25, -0.2) is 9.50 Å². The lowest BCUT2D eigenvalue weighted by atomic mass is 10.1. The molecule has 0 fully saturated rings. The zero-order valence-electron chi connectivity index (χ0n) is 17.7. The van der Waals surface area contributed by atoms with Crippen LogP contribution < -0.4 is 10.1 Å². The Bertz CT molecular complexity index is 1350. The van der Waals surface area contributed by atoms with E-state index in [9.17, 15) is 18.0 Å². The Hall–Kier alpha value is -3.60. The lowest BCUT2D eigenvalue weighted by Gasteiger charge is -2.11. The van der Waals surface area contributed by atoms with Crippen LogP contribution in [0, 0.1) is 6.92 Å². The number of ether oxygens (including phenoxy) is 1. The minimum atomic E-state index is -4.77. The summed E-state index contributed by atoms with van der Waals surface area (Å²) in [5.74, 6) is -0.186. The third-order valence-corrected chi connectivity index (χ3v) is 5.33. The van der Waals surface area contributed by atoms with Crippen LogP contribution in [-0.4, -0.2) is 37.4 Å². The van der Waals surface area contributed by atoms with Crippen LogP contribution in [-0.2, 0) is 19.8 Å². The summed E-state index contributed by atoms with van der Waals surface area (Å²) in [6.07, 6.45) is -3.04. The maximum atomic E-state index is 13.8. The van der Waals surface area contributed by atoms with Crippen LogP contribution >= 0.6 is 11.6 Å². The summed E-state index contributed by atoms with van der Waals surface area (Å²) < 4.78 is 48.7. The second-order valence-corrected chi connectivity index (χ2v) is 7.62. The highest BCUT2D eigenvalue weighted by molar-refractivity contribution is 6.36. The van der Waals surface area contributed by atoms with Gasteiger partial charge in [-0.1, -0.05) is 11.6 Å². The number of carbonyl (C=O) groups is 1. The first-order chi connectivity index (χ1) is 15.6. The van der Waals surface area contributed by atoms with Crippen LogP contribution in [0.3, 0.4) is 0 Å². The van der Waals surface area contributed by atoms with Gasteiger partial charge in [-0.3, -0.25) is 9.48 Å². The van der Waals surface area contributed by atoms with Crippen LogP contribution in [0.5, 0.6) is 5.75 Å². The molecule has 3 aromatic heterocycles. The molecule has 3 heterocycles. The number of alkyl halides is 3. The molecule has 0 aliphatic carbocycles. The van der Waals surface area contributed by atoms with Gasteiger partial charge in [0.2, 0.25) is 0 Å². The fourth-order valence-electron chi connectivity index (χ4n) is 3.33. The summed E-state index contributed by atoms with van der Waals surface area (Å²) in [6, 6.07) is 7.22. The van der Waals surface area contributed by atoms with Crippen molar-refractivity contribution in [2.24, 2.45) is 7.05 Å². The van der Waals surface area contributed by atoms with Crippen molar-refractivity contribution < 1.29 is 22.7 Å². The van der Waals surface area contributed by atoms with E-state index in [4.69, 9.17) is 16.3 Å². The molecule has 0 aliphatic rings. The highest BCUT2D eigenvalue weighted by Gasteiger charge is 2.36. The van der Waals surface area contributed by atoms with E-state index in [2.05, 4.69) is 20.5 Å². The fraction of sp³-hybridized carbons (Fsp3) is 0.238. The van der Waals surface area contributed by atoms with E-state index in [0.29, 0.717) is 21.5 Å². The van der Waals surface area contributed by atoms with Gasteiger partial charge in [0.15, 0.2) is 17.0 Å². The number of halogens is 4. The van der Waals surface area contributed by atoms with Gasteiger partial charge in [0.25, 0.3) is 5.91 Å². The van der Waals surface area contributed by atoms with Crippen LogP contribution in [0.15, 0.2) is 36.5 Å². The Balaban J connectivity index is 1.75. The van der Waals surface area contributed by atoms with Crippen LogP contribution in [0.1, 0.15) is 27.4 Å². The second-order valence-electron chi connectivity index (χ2n) is 7.25. The van der Waals surface area contributed by atoms with Gasteiger partial charge in [-0.05, 0) is 37.3 Å². The Morgan fingerprint density at radius 1 is 1.21 bits per heavy atom. The number of fused-ring (bicyclic) bond motifs is 1. The molecule has 1 aromatic carbocycles. The third kappa shape index (κ3) is 4.36. The highest BCUT2D eigenvalue weighted by Crippen LogP contribution is 2.34. The first kappa shape index (κ1) is 22.6. The molecule has 0 bridgehead atoms. The molecular weight excluding hydrogens is 461 g/mol. The van der Waals surface area contributed by atoms with Crippen molar-refractivity contribution in [1.29, 1.82) is 0 Å². The molecule has 1 amide bonds. The number of methoxy groups -OCH3 is 1. The summed E-state index contributed by atoms with van der Waals surface area (Å²) in [5, 5.41) is 10.3. The molecule has 172 valence electrons. The molecule has 0 radical (unpaired) electrons. The average Bonchev–Trinajstić information content (AvgIpc) is 3.28. The van der Waals surface area contributed by atoms with Crippen LogP contribution in [0.25, 0.3) is 16.9 Å². The summed E-state index contributed by atoms with van der Waals surface area (Å²) in [6.45, 7) is 1.89. The van der Waals surface area contributed by atoms with E-state index in [0.717, 1.165) is 11.6 Å². The van der Waals surface area contributed by atoms with Gasteiger partial charge in [0.1, 0.15) is 10.8 Å². The van der Waals surface area contributed by atoms with Gasteiger partial charge < -0.3 is 10.1 Å². The van der Waals surface area contributed by atoms with Crippen molar-refractivity contribution in [2.45, 2.75) is 19.6 Å². The van der Waals surface area contributed by atoms with E-state index >= 15 is 0 Å². The zero-order valence-corrected chi connectivity index (χ0v) is 18.5. The molecule has 1 N–H and O–H groups in total. The first-order valence-electron chi connectivity index (χ1n) is 9.66. The molecule has 33 heavy (non-hydrogen) atoms. The number of amides is 1. The van der Waals surface area contributed by atoms with Crippen molar-refractivity contribution in [2.75, 3.05) is 7.11 Å². The van der Waals surface area contributed by atoms with E-state index < -0.39 is 17.8 Å². The second kappa shape index (κ2) is 8.39. The number of aromatic nitrogens is 5. The van der Waals surface area contributed by atoms with E-state index in [1.165, 1.54) is 7.11 Å². The number of nitrogens with one attached hydrogen (secondary N) is 1. The number of aryl methyl sites for hydroxylation is 2. The van der Waals surface area contributed by atoms with Crippen molar-refractivity contribution >= 4 is 23.2 Å². The topological polar surface area (TPSA) is 86.3 Å². The quantitative estimate of drug-likeness (QED) is 0.467. The Morgan fingerprint density at radius 2 is 1.91 bits per heavy atom. The van der Waals surface area contributed by atoms with Crippen molar-refractivity contribution in [3.8, 4) is 17.0 Å². The highest BCUT2D eigenvalue weighted by atomic mass is 35.5. The number of benzene rings is 1. The Labute approximate surface area is 190 Å². The monoisotopic (exact) mass is 478 g/mol. The Kier molecular flexibility index (Phi) is 5.75. The minimum Gasteiger partial charge on any atom is -0.497 e. The maximum Gasteiger partial charge on any atom is 0.433 e. The van der Waals surface area contributed by atoms with Gasteiger partial charge in [-0.15, -0.1) is 0 Å². The predicted molar refractivity (Wildman–Crippen MR) is 114 cm³/mol. The molecule has 0 aliphatic heterocycles. The SMILES string of the molecule is COc1ccc(-c2cc(C(F)(F)F)n3nc(C(=O)NCc4cn(C)nc4C)c(Cl)c3n2)cc1. The fourth-order valence-corrected chi connectivity index (χ4v) is 3.58. The number of rotatable bonds is 5. The van der Waals surface area contributed by atoms with Gasteiger partial charge in [0, 0.05) is 30.9 Å². The van der Waals surface area contributed by atoms with Crippen molar-refractivity contribution in [3.63, 3.8) is 0 Å². The van der Waals surface area contributed by atoms with Crippen molar-refractivity contribution in [3.05, 3.63) is 64.2 Å². The standard InChI is InChI=1S/C21H18ClF3N6O2/c1-11-13(10-30(2)28-11)9-26-20(32)18-17(22)19-27-15(12-4-6-14(33-3)7-5-12)8-16(21(23,24)25)31(19)29-18/h4-8,10H,9H2,1-3H3,(H,26,32). The normalized spacial score (nSPS) is 11.7. The van der Waals surface area contributed by atoms with Gasteiger partial charge in [-0.2, -0.15) is 23.4 Å². The summed E-state index contributed by atoms with van der Waals surface area (Å²) in [7, 11) is 3.22. The summed E-state index contributed by atoms with van der Waals surface area (Å²) in [4.78, 5) is 16.9. The minimum absolute atomic E-state index is 0.0252. The first-order valence-corrected chi connectivity index (χ1v) is 10.0. The predicted octanol–water partition coefficient (Wildman–Crippen LogP) is 4.05. The molecule has 0 spiro atoms. The molecule has 0 saturated heterocycles. The van der Waals surface area contributed by atoms with E-state index in [-0.39, 0.29) is 28.6 Å². The Morgan fingerprint density at radius 3 is 2.48 bits per heavy atom. The summed E-state index contributed by atoms with van der Waals surface area (Å²) in [5.41, 5.74) is 0.160. The molecule has 0 unspecified atom stereocenters. The molecule has 8 nitrogen and oxygen atoms in total. The molecule has 12 heteroatoms. The molecule has 0 atom stereocenters. The molecule has 0 saturated carbocycles. The lowest BCUT2D eigenvalue weighted by Crippen LogP contribution is -2.24. The summed E-state index contributed by atoms with van der Waals surface area (Å²) >= 11 is 6.29. The van der Waals surface area contributed by atoms with Gasteiger partial charge in [0.05, 0.1) is 18.5 Å². The largest absolute Gasteiger partial charge is 0.497 e. The van der Waals surface area contributed by atoms with Crippen LogP contribution in [0.2, 0.25) is 5.02 Å². The lowest BCUT2D eigenvalue weighted by molar-refractivity contribution is -0.142. The smallest absolute Gasteiger partial charge is 0.433 e. The number of hydrogen-bond acceptors (Lipinski definition) is 5. The molecular formula is C21H18ClF3N6O2. The molecule has 4 aromatic rings. The number of hydrogen-bond donors (Lipinski definition) is 1. The average molecular weight is 479 g/mol. The maximum absolute atomic E-state index is 13.8. The number of carbonyl (C=O) groups excluding carboxylic acids is 1. The zero-order chi connectivity index (χ0) is 23.9. The van der Waals surface area contributed by atoms with Crippen LogP contribution in [0.4, 0.5) is 13.2 Å². The van der Waals surface area contributed by atoms with Gasteiger partial charge >= 0.3 is 6.18 Å². The van der Waals surface area contributed by atoms with E-state index in [1.54, 1.807) is 49.1 Å². The molecule has 4 rings (SSSR count).